The zero-order valence-corrected chi connectivity index (χ0v) is 16.3. The Morgan fingerprint density at radius 3 is 2.56 bits per heavy atom. The summed E-state index contributed by atoms with van der Waals surface area (Å²) in [5.74, 6) is -0.241. The molecule has 0 aliphatic carbocycles. The van der Waals surface area contributed by atoms with E-state index < -0.39 is 15.7 Å². The zero-order valence-electron chi connectivity index (χ0n) is 14.7. The Kier molecular flexibility index (Phi) is 5.90. The summed E-state index contributed by atoms with van der Waals surface area (Å²) in [5, 5.41) is 7.43. The number of aryl methyl sites for hydroxylation is 2. The molecule has 0 bridgehead atoms. The lowest BCUT2D eigenvalue weighted by atomic mass is 10.1. The van der Waals surface area contributed by atoms with Gasteiger partial charge in [0.1, 0.15) is 0 Å². The van der Waals surface area contributed by atoms with E-state index in [0.717, 1.165) is 17.6 Å². The average Bonchev–Trinajstić information content (AvgIpc) is 2.81. The fourth-order valence-corrected chi connectivity index (χ4v) is 3.34. The van der Waals surface area contributed by atoms with Gasteiger partial charge in [-0.25, -0.2) is 8.42 Å². The van der Waals surface area contributed by atoms with Gasteiger partial charge >= 0.3 is 0 Å². The molecule has 1 atom stereocenters. The highest BCUT2D eigenvalue weighted by molar-refractivity contribution is 7.90. The Hall–Kier alpha value is -1.86. The van der Waals surface area contributed by atoms with Gasteiger partial charge in [-0.2, -0.15) is 5.10 Å². The van der Waals surface area contributed by atoms with Gasteiger partial charge < -0.3 is 5.32 Å². The van der Waals surface area contributed by atoms with Gasteiger partial charge in [-0.1, -0.05) is 18.5 Å². The van der Waals surface area contributed by atoms with Crippen LogP contribution in [-0.2, 0) is 16.4 Å². The van der Waals surface area contributed by atoms with Crippen LogP contribution in [0.2, 0.25) is 5.02 Å². The van der Waals surface area contributed by atoms with E-state index in [0.29, 0.717) is 13.1 Å². The van der Waals surface area contributed by atoms with Crippen LogP contribution < -0.4 is 5.32 Å². The highest BCUT2D eigenvalue weighted by Gasteiger charge is 2.16. The van der Waals surface area contributed by atoms with Crippen LogP contribution in [0.15, 0.2) is 29.2 Å². The van der Waals surface area contributed by atoms with Crippen molar-refractivity contribution in [3.05, 3.63) is 46.2 Å². The number of benzene rings is 1. The topological polar surface area (TPSA) is 81.1 Å². The van der Waals surface area contributed by atoms with Crippen LogP contribution in [0.1, 0.15) is 28.7 Å². The lowest BCUT2D eigenvalue weighted by Gasteiger charge is -2.14. The fourth-order valence-electron chi connectivity index (χ4n) is 2.49. The maximum Gasteiger partial charge on any atom is 0.252 e. The lowest BCUT2D eigenvalue weighted by Crippen LogP contribution is -2.30. The summed E-state index contributed by atoms with van der Waals surface area (Å²) < 4.78 is 25.2. The second kappa shape index (κ2) is 7.58. The largest absolute Gasteiger partial charge is 0.352 e. The van der Waals surface area contributed by atoms with Crippen LogP contribution in [0, 0.1) is 19.8 Å². The molecule has 0 saturated carbocycles. The lowest BCUT2D eigenvalue weighted by molar-refractivity contribution is 0.0946. The molecule has 1 heterocycles. The first-order valence-electron chi connectivity index (χ1n) is 7.87. The minimum absolute atomic E-state index is 0.0674. The van der Waals surface area contributed by atoms with E-state index in [-0.39, 0.29) is 21.4 Å². The Balaban J connectivity index is 2.03. The monoisotopic (exact) mass is 383 g/mol. The SMILES string of the molecule is Cc1cc(C)n(CC(C)CNC(=O)c2cc(S(C)(=O)=O)ccc2Cl)n1. The summed E-state index contributed by atoms with van der Waals surface area (Å²) in [6, 6.07) is 6.12. The molecule has 136 valence electrons. The van der Waals surface area contributed by atoms with Gasteiger partial charge in [-0.3, -0.25) is 9.48 Å². The van der Waals surface area contributed by atoms with Crippen LogP contribution >= 0.6 is 11.6 Å². The van der Waals surface area contributed by atoms with Crippen LogP contribution in [-0.4, -0.2) is 36.9 Å². The van der Waals surface area contributed by atoms with E-state index in [2.05, 4.69) is 10.4 Å². The van der Waals surface area contributed by atoms with Crippen molar-refractivity contribution in [2.24, 2.45) is 5.92 Å². The molecule has 8 heteroatoms. The van der Waals surface area contributed by atoms with E-state index in [1.54, 1.807) is 0 Å². The predicted molar refractivity (Wildman–Crippen MR) is 97.8 cm³/mol. The smallest absolute Gasteiger partial charge is 0.252 e. The molecule has 0 spiro atoms. The normalized spacial score (nSPS) is 12.8. The third-order valence-electron chi connectivity index (χ3n) is 3.81. The summed E-state index contributed by atoms with van der Waals surface area (Å²) in [6.45, 7) is 7.04. The highest BCUT2D eigenvalue weighted by Crippen LogP contribution is 2.20. The van der Waals surface area contributed by atoms with Crippen LogP contribution in [0.4, 0.5) is 0 Å². The molecule has 0 aliphatic heterocycles. The molecule has 0 saturated heterocycles. The summed E-state index contributed by atoms with van der Waals surface area (Å²) >= 11 is 6.04. The second-order valence-electron chi connectivity index (χ2n) is 6.34. The van der Waals surface area contributed by atoms with Gasteiger partial charge in [-0.05, 0) is 44.0 Å². The summed E-state index contributed by atoms with van der Waals surface area (Å²) in [5.41, 5.74) is 2.18. The number of amides is 1. The molecule has 0 aliphatic rings. The molecule has 1 aromatic heterocycles. The molecule has 1 N–H and O–H groups in total. The van der Waals surface area contributed by atoms with Gasteiger partial charge in [-0.15, -0.1) is 0 Å². The molecule has 25 heavy (non-hydrogen) atoms. The molecule has 2 rings (SSSR count). The number of carbonyl (C=O) groups excluding carboxylic acids is 1. The number of nitrogens with zero attached hydrogens (tertiary/aromatic N) is 2. The number of sulfone groups is 1. The zero-order chi connectivity index (χ0) is 18.8. The summed E-state index contributed by atoms with van der Waals surface area (Å²) in [6.07, 6.45) is 1.09. The number of carbonyl (C=O) groups is 1. The van der Waals surface area contributed by atoms with Gasteiger partial charge in [0.15, 0.2) is 9.84 Å². The van der Waals surface area contributed by atoms with E-state index >= 15 is 0 Å². The number of aromatic nitrogens is 2. The molecule has 1 amide bonds. The molecule has 0 radical (unpaired) electrons. The van der Waals surface area contributed by atoms with Crippen molar-refractivity contribution in [3.63, 3.8) is 0 Å². The molecule has 2 aromatic rings. The van der Waals surface area contributed by atoms with E-state index in [1.807, 2.05) is 31.5 Å². The Morgan fingerprint density at radius 2 is 2.00 bits per heavy atom. The molecule has 0 fully saturated rings. The number of nitrogens with one attached hydrogen (secondary N) is 1. The third-order valence-corrected chi connectivity index (χ3v) is 5.25. The summed E-state index contributed by atoms with van der Waals surface area (Å²) in [7, 11) is -3.40. The van der Waals surface area contributed by atoms with E-state index in [9.17, 15) is 13.2 Å². The van der Waals surface area contributed by atoms with Crippen molar-refractivity contribution < 1.29 is 13.2 Å². The van der Waals surface area contributed by atoms with Crippen molar-refractivity contribution in [2.45, 2.75) is 32.2 Å². The third kappa shape index (κ3) is 5.06. The molecule has 6 nitrogen and oxygen atoms in total. The van der Waals surface area contributed by atoms with Gasteiger partial charge in [0.05, 0.1) is 21.2 Å². The molecule has 1 unspecified atom stereocenters. The summed E-state index contributed by atoms with van der Waals surface area (Å²) in [4.78, 5) is 12.4. The Labute approximate surface area is 153 Å². The average molecular weight is 384 g/mol. The Morgan fingerprint density at radius 1 is 1.32 bits per heavy atom. The van der Waals surface area contributed by atoms with Crippen molar-refractivity contribution in [3.8, 4) is 0 Å². The number of rotatable bonds is 6. The van der Waals surface area contributed by atoms with Crippen LogP contribution in [0.25, 0.3) is 0 Å². The fraction of sp³-hybridized carbons (Fsp3) is 0.412. The van der Waals surface area contributed by atoms with Crippen molar-refractivity contribution in [1.82, 2.24) is 15.1 Å². The quantitative estimate of drug-likeness (QED) is 0.831. The van der Waals surface area contributed by atoms with Gasteiger partial charge in [0.2, 0.25) is 0 Å². The molecular weight excluding hydrogens is 362 g/mol. The van der Waals surface area contributed by atoms with Gasteiger partial charge in [0, 0.05) is 25.0 Å². The van der Waals surface area contributed by atoms with Gasteiger partial charge in [0.25, 0.3) is 5.91 Å². The van der Waals surface area contributed by atoms with E-state index in [4.69, 9.17) is 11.6 Å². The minimum atomic E-state index is -3.40. The van der Waals surface area contributed by atoms with Crippen molar-refractivity contribution in [1.29, 1.82) is 0 Å². The first kappa shape index (κ1) is 19.5. The predicted octanol–water partition coefficient (Wildman–Crippen LogP) is 2.62. The molecule has 1 aromatic carbocycles. The highest BCUT2D eigenvalue weighted by atomic mass is 35.5. The van der Waals surface area contributed by atoms with Crippen molar-refractivity contribution in [2.75, 3.05) is 12.8 Å². The van der Waals surface area contributed by atoms with Crippen LogP contribution in [0.5, 0.6) is 0 Å². The first-order valence-corrected chi connectivity index (χ1v) is 10.1. The number of hydrogen-bond donors (Lipinski definition) is 1. The molecular formula is C17H22ClN3O3S. The maximum atomic E-state index is 12.4. The Bertz CT molecular complexity index is 891. The number of hydrogen-bond acceptors (Lipinski definition) is 4. The maximum absolute atomic E-state index is 12.4. The standard InChI is InChI=1S/C17H22ClN3O3S/c1-11(10-21-13(3)7-12(2)20-21)9-19-17(22)15-8-14(25(4,23)24)5-6-16(15)18/h5-8,11H,9-10H2,1-4H3,(H,19,22). The van der Waals surface area contributed by atoms with Crippen LogP contribution in [0.3, 0.4) is 0 Å². The minimum Gasteiger partial charge on any atom is -0.352 e. The first-order chi connectivity index (χ1) is 11.6. The number of halogens is 1. The second-order valence-corrected chi connectivity index (χ2v) is 8.76. The van der Waals surface area contributed by atoms with E-state index in [1.165, 1.54) is 18.2 Å². The van der Waals surface area contributed by atoms with Crippen molar-refractivity contribution >= 4 is 27.3 Å².